The fraction of sp³-hybridized carbons (Fsp3) is 0.600. The van der Waals surface area contributed by atoms with E-state index in [1.54, 1.807) is 20.0 Å². The Morgan fingerprint density at radius 1 is 0.870 bits per heavy atom. The first-order valence-corrected chi connectivity index (χ1v) is 12.3. The van der Waals surface area contributed by atoms with Crippen molar-refractivity contribution in [3.63, 3.8) is 0 Å². The van der Waals surface area contributed by atoms with Gasteiger partial charge in [0.05, 0.1) is 0 Å². The molecule has 0 saturated heterocycles. The summed E-state index contributed by atoms with van der Waals surface area (Å²) >= 11 is -0.806. The number of hydrogen-bond donors (Lipinski definition) is 0. The van der Waals surface area contributed by atoms with E-state index in [1.807, 2.05) is 8.90 Å². The Labute approximate surface area is 167 Å². The van der Waals surface area contributed by atoms with Crippen molar-refractivity contribution in [2.75, 3.05) is 0 Å². The summed E-state index contributed by atoms with van der Waals surface area (Å²) < 4.78 is 3.62. The number of rotatable bonds is 8. The summed E-state index contributed by atoms with van der Waals surface area (Å²) in [6, 6.07) is 0. The van der Waals surface area contributed by atoms with E-state index in [4.69, 9.17) is 0 Å². The van der Waals surface area contributed by atoms with Gasteiger partial charge in [0.1, 0.15) is 0 Å². The maximum absolute atomic E-state index is 2.61. The fourth-order valence-corrected chi connectivity index (χ4v) is 8.75. The van der Waals surface area contributed by atoms with Crippen LogP contribution in [0.2, 0.25) is 0 Å². The van der Waals surface area contributed by atoms with Crippen LogP contribution in [0.25, 0.3) is 0 Å². The zero-order valence-electron chi connectivity index (χ0n) is 15.1. The van der Waals surface area contributed by atoms with Crippen LogP contribution >= 0.6 is 0 Å². The molecule has 0 atom stereocenters. The standard InChI is InChI=1S/C13H21.C7H9.2ClH.Hf/c1-3-5-8-12-10-7-11-13(12)9-6-4-2;1-6-4-3-5-7(6)2;;;/h7H,3-6,8-10H2,1-2H3;3H,4H2,1-2H3;2*1H;/q;;;;+2/p-2. The average molecular weight is 520 g/mol. The molecule has 2 aliphatic rings. The van der Waals surface area contributed by atoms with Crippen molar-refractivity contribution in [2.24, 2.45) is 0 Å². The maximum Gasteiger partial charge on any atom is -1.00 e. The van der Waals surface area contributed by atoms with Crippen molar-refractivity contribution < 1.29 is 47.7 Å². The van der Waals surface area contributed by atoms with Crippen LogP contribution in [-0.4, -0.2) is 0 Å². The molecule has 2 aliphatic carbocycles. The molecule has 0 aliphatic heterocycles. The van der Waals surface area contributed by atoms with E-state index < -0.39 is 22.9 Å². The topological polar surface area (TPSA) is 0 Å². The predicted molar refractivity (Wildman–Crippen MR) is 89.9 cm³/mol. The molecule has 3 heteroatoms. The fourth-order valence-electron chi connectivity index (χ4n) is 3.18. The molecule has 0 aromatic carbocycles. The molecule has 2 rings (SSSR count). The molecule has 0 amide bonds. The van der Waals surface area contributed by atoms with E-state index in [0.717, 1.165) is 0 Å². The van der Waals surface area contributed by atoms with E-state index >= 15 is 0 Å². The quantitative estimate of drug-likeness (QED) is 0.414. The van der Waals surface area contributed by atoms with Crippen LogP contribution in [-0.2, 0) is 22.9 Å². The van der Waals surface area contributed by atoms with Gasteiger partial charge in [0.25, 0.3) is 0 Å². The molecule has 0 N–H and O–H groups in total. The van der Waals surface area contributed by atoms with Crippen LogP contribution < -0.4 is 24.8 Å². The second-order valence-corrected chi connectivity index (χ2v) is 11.2. The molecule has 0 radical (unpaired) electrons. The van der Waals surface area contributed by atoms with Gasteiger partial charge < -0.3 is 24.8 Å². The summed E-state index contributed by atoms with van der Waals surface area (Å²) in [5, 5.41) is 0. The minimum absolute atomic E-state index is 0. The summed E-state index contributed by atoms with van der Waals surface area (Å²) in [6.07, 6.45) is 15.8. The molecule has 0 nitrogen and oxygen atoms in total. The van der Waals surface area contributed by atoms with E-state index in [0.29, 0.717) is 0 Å². The number of hydrogen-bond acceptors (Lipinski definition) is 0. The minimum Gasteiger partial charge on any atom is -1.00 e. The molecule has 0 saturated carbocycles. The monoisotopic (exact) mass is 520 g/mol. The molecular weight excluding hydrogens is 490 g/mol. The summed E-state index contributed by atoms with van der Waals surface area (Å²) in [4.78, 5) is 0. The Kier molecular flexibility index (Phi) is 12.1. The van der Waals surface area contributed by atoms with Crippen LogP contribution in [0.1, 0.15) is 79.1 Å². The SMILES string of the molecule is CCCCC1=C(CCCC)[C]([Hf+2][C]2=CCC(C)=C2C)=CC1.[Cl-].[Cl-]. The van der Waals surface area contributed by atoms with Gasteiger partial charge >= 0.3 is 143 Å². The summed E-state index contributed by atoms with van der Waals surface area (Å²) in [5.74, 6) is 0. The van der Waals surface area contributed by atoms with Crippen LogP contribution in [0.4, 0.5) is 0 Å². The van der Waals surface area contributed by atoms with Crippen LogP contribution in [0.15, 0.2) is 41.1 Å². The van der Waals surface area contributed by atoms with Crippen LogP contribution in [0.3, 0.4) is 0 Å². The van der Waals surface area contributed by atoms with Crippen molar-refractivity contribution in [1.29, 1.82) is 0 Å². The zero-order chi connectivity index (χ0) is 15.2. The Bertz CT molecular complexity index is 510. The smallest absolute Gasteiger partial charge is 1.00 e. The van der Waals surface area contributed by atoms with Crippen molar-refractivity contribution in [3.05, 3.63) is 41.1 Å². The molecule has 0 aromatic rings. The van der Waals surface area contributed by atoms with E-state index in [1.165, 1.54) is 51.4 Å². The molecule has 0 aromatic heterocycles. The third-order valence-corrected chi connectivity index (χ3v) is 10.7. The Hall–Kier alpha value is 0.410. The zero-order valence-corrected chi connectivity index (χ0v) is 20.2. The van der Waals surface area contributed by atoms with Gasteiger partial charge in [-0.25, -0.2) is 0 Å². The predicted octanol–water partition coefficient (Wildman–Crippen LogP) is 0.666. The van der Waals surface area contributed by atoms with E-state index in [-0.39, 0.29) is 24.8 Å². The van der Waals surface area contributed by atoms with Gasteiger partial charge in [0, 0.05) is 0 Å². The maximum atomic E-state index is 2.61. The van der Waals surface area contributed by atoms with E-state index in [2.05, 4.69) is 39.8 Å². The van der Waals surface area contributed by atoms with Crippen molar-refractivity contribution >= 4 is 0 Å². The molecule has 23 heavy (non-hydrogen) atoms. The molecule has 0 bridgehead atoms. The molecule has 0 spiro atoms. The van der Waals surface area contributed by atoms with Crippen LogP contribution in [0.5, 0.6) is 0 Å². The molecular formula is C20H30Cl2Hf. The summed E-state index contributed by atoms with van der Waals surface area (Å²) in [5.41, 5.74) is 6.86. The van der Waals surface area contributed by atoms with E-state index in [9.17, 15) is 0 Å². The average Bonchev–Trinajstić information content (AvgIpc) is 3.01. The summed E-state index contributed by atoms with van der Waals surface area (Å²) in [6.45, 7) is 9.30. The largest absolute Gasteiger partial charge is 1.00 e. The third kappa shape index (κ3) is 6.33. The van der Waals surface area contributed by atoms with Gasteiger partial charge in [0.15, 0.2) is 0 Å². The van der Waals surface area contributed by atoms with Crippen LogP contribution in [0, 0.1) is 0 Å². The first-order valence-electron chi connectivity index (χ1n) is 8.72. The second-order valence-electron chi connectivity index (χ2n) is 6.46. The van der Waals surface area contributed by atoms with Crippen molar-refractivity contribution in [3.8, 4) is 0 Å². The van der Waals surface area contributed by atoms with Gasteiger partial charge in [-0.2, -0.15) is 0 Å². The minimum atomic E-state index is -0.806. The van der Waals surface area contributed by atoms with Gasteiger partial charge in [-0.15, -0.1) is 0 Å². The Morgan fingerprint density at radius 3 is 2.04 bits per heavy atom. The molecule has 0 fully saturated rings. The first kappa shape index (κ1) is 23.4. The van der Waals surface area contributed by atoms with Gasteiger partial charge in [0.2, 0.25) is 0 Å². The number of allylic oxidation sites excluding steroid dienone is 8. The van der Waals surface area contributed by atoms with Gasteiger partial charge in [-0.3, -0.25) is 0 Å². The Morgan fingerprint density at radius 2 is 1.48 bits per heavy atom. The first-order chi connectivity index (χ1) is 10.2. The van der Waals surface area contributed by atoms with Gasteiger partial charge in [-0.1, -0.05) is 0 Å². The normalized spacial score (nSPS) is 16.7. The molecule has 0 unspecified atom stereocenters. The second kappa shape index (κ2) is 11.9. The number of unbranched alkanes of at least 4 members (excludes halogenated alkanes) is 2. The summed E-state index contributed by atoms with van der Waals surface area (Å²) in [7, 11) is 0. The molecule has 128 valence electrons. The Balaban J connectivity index is 0.00000242. The van der Waals surface area contributed by atoms with Crippen molar-refractivity contribution in [1.82, 2.24) is 0 Å². The van der Waals surface area contributed by atoms with Gasteiger partial charge in [-0.05, 0) is 0 Å². The molecule has 0 heterocycles. The number of halogens is 2. The third-order valence-electron chi connectivity index (χ3n) is 4.84. The van der Waals surface area contributed by atoms with Crippen molar-refractivity contribution in [2.45, 2.75) is 79.1 Å².